The topological polar surface area (TPSA) is 62.3 Å². The highest BCUT2D eigenvalue weighted by Gasteiger charge is 2.26. The normalized spacial score (nSPS) is 16.5. The summed E-state index contributed by atoms with van der Waals surface area (Å²) < 4.78 is 21.6. The lowest BCUT2D eigenvalue weighted by Crippen LogP contribution is -2.17. The first kappa shape index (κ1) is 20.6. The van der Waals surface area contributed by atoms with Crippen LogP contribution in [-0.2, 0) is 12.8 Å². The number of benzene rings is 1. The van der Waals surface area contributed by atoms with Gasteiger partial charge in [-0.1, -0.05) is 13.0 Å². The molecule has 0 amide bonds. The third-order valence-corrected chi connectivity index (χ3v) is 5.92. The lowest BCUT2D eigenvalue weighted by Gasteiger charge is -2.17. The van der Waals surface area contributed by atoms with Gasteiger partial charge in [0.15, 0.2) is 5.82 Å². The Morgan fingerprint density at radius 2 is 2.10 bits per heavy atom. The van der Waals surface area contributed by atoms with Gasteiger partial charge < -0.3 is 20.3 Å². The van der Waals surface area contributed by atoms with Gasteiger partial charge in [0, 0.05) is 36.8 Å². The fourth-order valence-electron chi connectivity index (χ4n) is 4.32. The van der Waals surface area contributed by atoms with Gasteiger partial charge in [-0.15, -0.1) is 0 Å². The van der Waals surface area contributed by atoms with Crippen LogP contribution in [0, 0.1) is 12.7 Å². The van der Waals surface area contributed by atoms with Crippen molar-refractivity contribution in [2.24, 2.45) is 0 Å². The Morgan fingerprint density at radius 3 is 2.87 bits per heavy atom. The summed E-state index contributed by atoms with van der Waals surface area (Å²) in [6, 6.07) is 1.84. The number of anilines is 3. The Labute approximate surface area is 177 Å². The van der Waals surface area contributed by atoms with Gasteiger partial charge in [0.05, 0.1) is 17.9 Å². The van der Waals surface area contributed by atoms with E-state index in [9.17, 15) is 0 Å². The van der Waals surface area contributed by atoms with Crippen molar-refractivity contribution in [3.63, 3.8) is 0 Å². The Balaban J connectivity index is 1.76. The minimum atomic E-state index is -0.293. The van der Waals surface area contributed by atoms with E-state index in [2.05, 4.69) is 45.5 Å². The number of fused-ring (bicyclic) bond motifs is 1. The molecule has 4 rings (SSSR count). The summed E-state index contributed by atoms with van der Waals surface area (Å²) in [7, 11) is 3.93. The van der Waals surface area contributed by atoms with E-state index in [1.165, 1.54) is 0 Å². The molecule has 160 valence electrons. The van der Waals surface area contributed by atoms with Crippen LogP contribution in [0.2, 0.25) is 0 Å². The summed E-state index contributed by atoms with van der Waals surface area (Å²) in [5.41, 5.74) is 5.01. The highest BCUT2D eigenvalue weighted by molar-refractivity contribution is 5.78. The zero-order chi connectivity index (χ0) is 21.3. The molecule has 30 heavy (non-hydrogen) atoms. The Hall–Kier alpha value is -2.67. The second-order valence-corrected chi connectivity index (χ2v) is 7.98. The van der Waals surface area contributed by atoms with Crippen molar-refractivity contribution in [1.82, 2.24) is 14.9 Å². The quantitative estimate of drug-likeness (QED) is 0.764. The van der Waals surface area contributed by atoms with E-state index < -0.39 is 0 Å². The van der Waals surface area contributed by atoms with Crippen molar-refractivity contribution in [2.45, 2.75) is 39.5 Å². The van der Waals surface area contributed by atoms with Gasteiger partial charge in [0.1, 0.15) is 11.6 Å². The van der Waals surface area contributed by atoms with Crippen molar-refractivity contribution in [1.29, 1.82) is 0 Å². The fourth-order valence-corrected chi connectivity index (χ4v) is 4.32. The molecule has 0 fully saturated rings. The highest BCUT2D eigenvalue weighted by atomic mass is 19.1. The van der Waals surface area contributed by atoms with Crippen LogP contribution in [0.1, 0.15) is 42.1 Å². The van der Waals surface area contributed by atoms with E-state index in [1.807, 2.05) is 20.0 Å². The average Bonchev–Trinajstić information content (AvgIpc) is 3.08. The summed E-state index contributed by atoms with van der Waals surface area (Å²) in [5, 5.41) is 6.27. The van der Waals surface area contributed by atoms with E-state index in [4.69, 9.17) is 4.74 Å². The molecule has 1 aromatic heterocycles. The molecular weight excluding hydrogens is 381 g/mol. The maximum Gasteiger partial charge on any atom is 0.229 e. The van der Waals surface area contributed by atoms with Gasteiger partial charge in [0.25, 0.3) is 0 Å². The second kappa shape index (κ2) is 8.60. The van der Waals surface area contributed by atoms with Gasteiger partial charge in [-0.2, -0.15) is 4.98 Å². The molecule has 0 radical (unpaired) electrons. The number of halogens is 1. The zero-order valence-corrected chi connectivity index (χ0v) is 18.2. The standard InChI is InChI=1S/C23H30FN5O/c1-5-17-14(2)26-23(28-22(17)25-3)27-18-13-16-9-12-30-21(16)19(20(18)24)15-7-6-10-29(4)11-8-15/h8,13H,5-7,9-12H2,1-4H3,(H2,25,26,27,28). The number of ether oxygens (including phenoxy) is 1. The number of likely N-dealkylation sites (N-methyl/N-ethyl adjacent to an activating group) is 1. The zero-order valence-electron chi connectivity index (χ0n) is 18.2. The predicted octanol–water partition coefficient (Wildman–Crippen LogP) is 4.32. The number of nitrogens with one attached hydrogen (secondary N) is 2. The monoisotopic (exact) mass is 411 g/mol. The van der Waals surface area contributed by atoms with Crippen molar-refractivity contribution in [2.75, 3.05) is 44.4 Å². The molecular formula is C23H30FN5O. The first-order valence-corrected chi connectivity index (χ1v) is 10.7. The molecule has 2 aliphatic heterocycles. The Bertz CT molecular complexity index is 988. The third-order valence-electron chi connectivity index (χ3n) is 5.92. The van der Waals surface area contributed by atoms with Crippen molar-refractivity contribution in [3.8, 4) is 5.75 Å². The minimum absolute atomic E-state index is 0.293. The Kier molecular flexibility index (Phi) is 5.90. The summed E-state index contributed by atoms with van der Waals surface area (Å²) in [4.78, 5) is 11.4. The molecule has 2 aliphatic rings. The smallest absolute Gasteiger partial charge is 0.229 e. The number of allylic oxidation sites excluding steroid dienone is 1. The molecule has 0 bridgehead atoms. The molecule has 7 heteroatoms. The molecule has 2 N–H and O–H groups in total. The van der Waals surface area contributed by atoms with Gasteiger partial charge in [0.2, 0.25) is 5.95 Å². The summed E-state index contributed by atoms with van der Waals surface area (Å²) in [6.45, 7) is 6.44. The van der Waals surface area contributed by atoms with Crippen LogP contribution in [0.4, 0.5) is 21.8 Å². The molecule has 3 heterocycles. The van der Waals surface area contributed by atoms with Crippen LogP contribution < -0.4 is 15.4 Å². The number of aryl methyl sites for hydroxylation is 1. The molecule has 0 unspecified atom stereocenters. The summed E-state index contributed by atoms with van der Waals surface area (Å²) in [5.74, 6) is 1.57. The lowest BCUT2D eigenvalue weighted by molar-refractivity contribution is 0.354. The van der Waals surface area contributed by atoms with E-state index in [0.29, 0.717) is 29.6 Å². The van der Waals surface area contributed by atoms with Crippen molar-refractivity contribution in [3.05, 3.63) is 40.3 Å². The molecule has 2 aromatic rings. The second-order valence-electron chi connectivity index (χ2n) is 7.98. The van der Waals surface area contributed by atoms with E-state index >= 15 is 4.39 Å². The predicted molar refractivity (Wildman–Crippen MR) is 119 cm³/mol. The van der Waals surface area contributed by atoms with Crippen LogP contribution in [0.5, 0.6) is 5.75 Å². The van der Waals surface area contributed by atoms with Gasteiger partial charge in [-0.3, -0.25) is 0 Å². The maximum atomic E-state index is 15.8. The first-order valence-electron chi connectivity index (χ1n) is 10.7. The SMILES string of the molecule is CCc1c(C)nc(Nc2cc3c(c(C4=CCN(C)CCC4)c2F)OCC3)nc1NC. The minimum Gasteiger partial charge on any atom is -0.492 e. The maximum absolute atomic E-state index is 15.8. The molecule has 6 nitrogen and oxygen atoms in total. The van der Waals surface area contributed by atoms with Crippen LogP contribution in [-0.4, -0.2) is 48.7 Å². The number of nitrogens with zero attached hydrogens (tertiary/aromatic N) is 3. The third kappa shape index (κ3) is 3.86. The highest BCUT2D eigenvalue weighted by Crippen LogP contribution is 2.42. The summed E-state index contributed by atoms with van der Waals surface area (Å²) in [6.07, 6.45) is 5.58. The number of hydrogen-bond acceptors (Lipinski definition) is 6. The van der Waals surface area contributed by atoms with E-state index in [0.717, 1.165) is 67.0 Å². The van der Waals surface area contributed by atoms with Crippen LogP contribution in [0.15, 0.2) is 12.1 Å². The van der Waals surface area contributed by atoms with Crippen LogP contribution in [0.25, 0.3) is 5.57 Å². The number of rotatable bonds is 5. The van der Waals surface area contributed by atoms with Gasteiger partial charge in [-0.25, -0.2) is 9.37 Å². The molecule has 0 spiro atoms. The number of aromatic nitrogens is 2. The van der Waals surface area contributed by atoms with Crippen LogP contribution >= 0.6 is 0 Å². The fraction of sp³-hybridized carbons (Fsp3) is 0.478. The first-order chi connectivity index (χ1) is 14.5. The van der Waals surface area contributed by atoms with E-state index in [-0.39, 0.29) is 5.82 Å². The molecule has 0 saturated carbocycles. The molecule has 0 saturated heterocycles. The number of hydrogen-bond donors (Lipinski definition) is 2. The Morgan fingerprint density at radius 1 is 1.27 bits per heavy atom. The molecule has 1 aromatic carbocycles. The average molecular weight is 412 g/mol. The van der Waals surface area contributed by atoms with Crippen molar-refractivity contribution >= 4 is 23.0 Å². The largest absolute Gasteiger partial charge is 0.492 e. The summed E-state index contributed by atoms with van der Waals surface area (Å²) >= 11 is 0. The van der Waals surface area contributed by atoms with Crippen LogP contribution in [0.3, 0.4) is 0 Å². The van der Waals surface area contributed by atoms with Crippen molar-refractivity contribution < 1.29 is 9.13 Å². The molecule has 0 atom stereocenters. The lowest BCUT2D eigenvalue weighted by atomic mass is 9.96. The molecule has 0 aliphatic carbocycles. The van der Waals surface area contributed by atoms with Gasteiger partial charge in [-0.05, 0) is 51.4 Å². The van der Waals surface area contributed by atoms with E-state index in [1.54, 1.807) is 0 Å². The van der Waals surface area contributed by atoms with Gasteiger partial charge >= 0.3 is 0 Å².